The summed E-state index contributed by atoms with van der Waals surface area (Å²) in [7, 11) is -7.84. The Bertz CT molecular complexity index is 1500. The quantitative estimate of drug-likeness (QED) is 0.166. The van der Waals surface area contributed by atoms with Gasteiger partial charge in [0.2, 0.25) is 0 Å². The summed E-state index contributed by atoms with van der Waals surface area (Å²) in [6.07, 6.45) is 3.12. The Morgan fingerprint density at radius 3 is 1.94 bits per heavy atom. The highest BCUT2D eigenvalue weighted by molar-refractivity contribution is 7.87. The Hall–Kier alpha value is -2.78. The van der Waals surface area contributed by atoms with Gasteiger partial charge in [0.25, 0.3) is 20.2 Å². The Balaban J connectivity index is 0.000000196. The van der Waals surface area contributed by atoms with Gasteiger partial charge in [-0.05, 0) is 35.2 Å². The molecule has 0 aliphatic carbocycles. The number of aryl methyl sites for hydroxylation is 1. The van der Waals surface area contributed by atoms with Crippen LogP contribution >= 0.6 is 0 Å². The first-order valence-corrected chi connectivity index (χ1v) is 14.4. The highest BCUT2D eigenvalue weighted by Gasteiger charge is 2.19. The number of fused-ring (bicyclic) bond motifs is 2. The first-order valence-electron chi connectivity index (χ1n) is 11.5. The van der Waals surface area contributed by atoms with Crippen molar-refractivity contribution in [1.82, 2.24) is 0 Å². The number of benzene rings is 4. The SMILES string of the molecule is CCCCOS(=O)(=O)c1cccc2ccccc12.CCCc1ccc2ccccc2c1S(=O)(=O)O. The van der Waals surface area contributed by atoms with Crippen molar-refractivity contribution in [2.24, 2.45) is 0 Å². The molecule has 4 aromatic rings. The van der Waals surface area contributed by atoms with E-state index >= 15 is 0 Å². The molecule has 0 unspecified atom stereocenters. The van der Waals surface area contributed by atoms with E-state index in [0.717, 1.165) is 30.0 Å². The van der Waals surface area contributed by atoms with Crippen LogP contribution in [0.4, 0.5) is 0 Å². The highest BCUT2D eigenvalue weighted by atomic mass is 32.2. The first-order chi connectivity index (χ1) is 16.7. The lowest BCUT2D eigenvalue weighted by Crippen LogP contribution is -2.08. The Labute approximate surface area is 207 Å². The molecule has 0 saturated heterocycles. The summed E-state index contributed by atoms with van der Waals surface area (Å²) in [6, 6.07) is 23.4. The Kier molecular flexibility index (Phi) is 9.02. The molecular weight excluding hydrogens is 484 g/mol. The third kappa shape index (κ3) is 6.67. The van der Waals surface area contributed by atoms with Gasteiger partial charge < -0.3 is 0 Å². The maximum absolute atomic E-state index is 12.1. The van der Waals surface area contributed by atoms with E-state index in [4.69, 9.17) is 4.18 Å². The van der Waals surface area contributed by atoms with Gasteiger partial charge in [-0.2, -0.15) is 16.8 Å². The average molecular weight is 515 g/mol. The van der Waals surface area contributed by atoms with Gasteiger partial charge in [0.05, 0.1) is 6.61 Å². The molecule has 186 valence electrons. The van der Waals surface area contributed by atoms with Crippen LogP contribution in [-0.2, 0) is 30.8 Å². The van der Waals surface area contributed by atoms with Crippen molar-refractivity contribution >= 4 is 41.8 Å². The van der Waals surface area contributed by atoms with Crippen molar-refractivity contribution in [2.45, 2.75) is 49.3 Å². The van der Waals surface area contributed by atoms with Gasteiger partial charge in [-0.15, -0.1) is 0 Å². The van der Waals surface area contributed by atoms with Crippen molar-refractivity contribution in [2.75, 3.05) is 6.61 Å². The molecule has 0 heterocycles. The zero-order valence-electron chi connectivity index (χ0n) is 19.8. The fraction of sp³-hybridized carbons (Fsp3) is 0.259. The van der Waals surface area contributed by atoms with E-state index in [1.165, 1.54) is 0 Å². The molecule has 0 fully saturated rings. The molecule has 4 aromatic carbocycles. The fourth-order valence-electron chi connectivity index (χ4n) is 3.85. The van der Waals surface area contributed by atoms with Crippen molar-refractivity contribution < 1.29 is 25.6 Å². The number of unbranched alkanes of at least 4 members (excludes halogenated alkanes) is 1. The second kappa shape index (κ2) is 11.8. The molecule has 6 nitrogen and oxygen atoms in total. The molecule has 8 heteroatoms. The molecular formula is C27H30O6S2. The van der Waals surface area contributed by atoms with E-state index in [1.54, 1.807) is 36.4 Å². The molecule has 0 aliphatic rings. The number of rotatable bonds is 8. The molecule has 0 aliphatic heterocycles. The van der Waals surface area contributed by atoms with Crippen LogP contribution < -0.4 is 0 Å². The zero-order valence-corrected chi connectivity index (χ0v) is 21.5. The van der Waals surface area contributed by atoms with Gasteiger partial charge in [0.1, 0.15) is 9.79 Å². The molecule has 0 spiro atoms. The smallest absolute Gasteiger partial charge is 0.282 e. The molecule has 0 atom stereocenters. The largest absolute Gasteiger partial charge is 0.297 e. The van der Waals surface area contributed by atoms with Gasteiger partial charge in [0, 0.05) is 10.8 Å². The topological polar surface area (TPSA) is 97.7 Å². The highest BCUT2D eigenvalue weighted by Crippen LogP contribution is 2.27. The van der Waals surface area contributed by atoms with Crippen molar-refractivity contribution in [3.05, 3.63) is 84.4 Å². The van der Waals surface area contributed by atoms with Gasteiger partial charge in [0.15, 0.2) is 0 Å². The minimum absolute atomic E-state index is 0.0532. The van der Waals surface area contributed by atoms with E-state index in [-0.39, 0.29) is 16.4 Å². The number of hydrogen-bond donors (Lipinski definition) is 1. The molecule has 0 aromatic heterocycles. The summed E-state index contributed by atoms with van der Waals surface area (Å²) >= 11 is 0. The van der Waals surface area contributed by atoms with Crippen LogP contribution in [0.1, 0.15) is 38.7 Å². The van der Waals surface area contributed by atoms with Crippen molar-refractivity contribution in [3.8, 4) is 0 Å². The third-order valence-corrected chi connectivity index (χ3v) is 7.86. The normalized spacial score (nSPS) is 11.9. The van der Waals surface area contributed by atoms with Crippen LogP contribution in [0.2, 0.25) is 0 Å². The van der Waals surface area contributed by atoms with Gasteiger partial charge in [-0.3, -0.25) is 8.74 Å². The van der Waals surface area contributed by atoms with E-state index in [0.29, 0.717) is 22.8 Å². The first kappa shape index (κ1) is 26.8. The second-order valence-corrected chi connectivity index (χ2v) is 11.0. The fourth-order valence-corrected chi connectivity index (χ4v) is 5.98. The van der Waals surface area contributed by atoms with Crippen molar-refractivity contribution in [1.29, 1.82) is 0 Å². The molecule has 35 heavy (non-hydrogen) atoms. The predicted molar refractivity (Wildman–Crippen MR) is 140 cm³/mol. The Morgan fingerprint density at radius 1 is 0.714 bits per heavy atom. The van der Waals surface area contributed by atoms with Gasteiger partial charge in [-0.25, -0.2) is 0 Å². The molecule has 0 radical (unpaired) electrons. The van der Waals surface area contributed by atoms with Crippen LogP contribution in [-0.4, -0.2) is 28.0 Å². The summed E-state index contributed by atoms with van der Waals surface area (Å²) < 4.78 is 61.6. The van der Waals surface area contributed by atoms with Crippen LogP contribution in [0.5, 0.6) is 0 Å². The van der Waals surface area contributed by atoms with Gasteiger partial charge >= 0.3 is 0 Å². The lowest BCUT2D eigenvalue weighted by Gasteiger charge is -2.09. The summed E-state index contributed by atoms with van der Waals surface area (Å²) in [5, 5.41) is 3.01. The maximum atomic E-state index is 12.1. The molecule has 0 amide bonds. The molecule has 0 bridgehead atoms. The van der Waals surface area contributed by atoms with Crippen LogP contribution in [0.25, 0.3) is 21.5 Å². The Morgan fingerprint density at radius 2 is 1.31 bits per heavy atom. The molecule has 1 N–H and O–H groups in total. The van der Waals surface area contributed by atoms with Crippen LogP contribution in [0, 0.1) is 0 Å². The standard InChI is InChI=1S/C14H16O3S.C13H14O3S/c1-2-3-11-17-18(15,16)14-10-6-8-12-7-4-5-9-13(12)14;1-2-5-11-9-8-10-6-3-4-7-12(10)13(11)17(14,15)16/h4-10H,2-3,11H2,1H3;3-4,6-9H,2,5H2,1H3,(H,14,15,16). The minimum atomic E-state index is -4.18. The van der Waals surface area contributed by atoms with E-state index in [9.17, 15) is 21.4 Å². The summed E-state index contributed by atoms with van der Waals surface area (Å²) in [5.74, 6) is 0. The average Bonchev–Trinajstić information content (AvgIpc) is 2.83. The second-order valence-electron chi connectivity index (χ2n) is 8.11. The zero-order chi connectivity index (χ0) is 25.5. The lowest BCUT2D eigenvalue weighted by atomic mass is 10.0. The number of hydrogen-bond acceptors (Lipinski definition) is 5. The van der Waals surface area contributed by atoms with Gasteiger partial charge in [-0.1, -0.05) is 99.5 Å². The van der Waals surface area contributed by atoms with E-state index in [1.807, 2.05) is 56.3 Å². The molecule has 4 rings (SSSR count). The summed E-state index contributed by atoms with van der Waals surface area (Å²) in [6.45, 7) is 4.21. The van der Waals surface area contributed by atoms with Crippen molar-refractivity contribution in [3.63, 3.8) is 0 Å². The summed E-state index contributed by atoms with van der Waals surface area (Å²) in [4.78, 5) is 0.300. The van der Waals surface area contributed by atoms with E-state index < -0.39 is 20.2 Å². The maximum Gasteiger partial charge on any atom is 0.297 e. The minimum Gasteiger partial charge on any atom is -0.282 e. The predicted octanol–water partition coefficient (Wildman–Crippen LogP) is 6.38. The lowest BCUT2D eigenvalue weighted by molar-refractivity contribution is 0.311. The third-order valence-electron chi connectivity index (χ3n) is 5.49. The van der Waals surface area contributed by atoms with Crippen LogP contribution in [0.3, 0.4) is 0 Å². The van der Waals surface area contributed by atoms with Crippen LogP contribution in [0.15, 0.2) is 88.7 Å². The van der Waals surface area contributed by atoms with E-state index in [2.05, 4.69) is 0 Å². The monoisotopic (exact) mass is 514 g/mol. The molecule has 0 saturated carbocycles. The summed E-state index contributed by atoms with van der Waals surface area (Å²) in [5.41, 5.74) is 0.675.